The molecule has 2 heterocycles. The van der Waals surface area contributed by atoms with Gasteiger partial charge in [-0.3, -0.25) is 0 Å². The number of unbranched alkanes of at least 4 members (excludes halogenated alkanes) is 1. The van der Waals surface area contributed by atoms with E-state index in [9.17, 15) is 0 Å². The van der Waals surface area contributed by atoms with Gasteiger partial charge < -0.3 is 10.2 Å². The van der Waals surface area contributed by atoms with Crippen LogP contribution in [0.5, 0.6) is 0 Å². The highest BCUT2D eigenvalue weighted by atomic mass is 32.2. The van der Waals surface area contributed by atoms with Gasteiger partial charge >= 0.3 is 0 Å². The molecule has 0 aromatic carbocycles. The van der Waals surface area contributed by atoms with Crippen molar-refractivity contribution in [1.82, 2.24) is 10.2 Å². The van der Waals surface area contributed by atoms with Crippen molar-refractivity contribution in [3.05, 3.63) is 0 Å². The van der Waals surface area contributed by atoms with E-state index in [0.717, 1.165) is 17.3 Å². The van der Waals surface area contributed by atoms with Crippen LogP contribution in [0.2, 0.25) is 0 Å². The summed E-state index contributed by atoms with van der Waals surface area (Å²) in [4.78, 5) is 2.65. The molecule has 2 unspecified atom stereocenters. The molecule has 0 aromatic rings. The molecule has 2 nitrogen and oxygen atoms in total. The van der Waals surface area contributed by atoms with Gasteiger partial charge in [0.05, 0.1) is 0 Å². The molecule has 18 heavy (non-hydrogen) atoms. The number of piperidine rings is 1. The molecule has 0 aromatic heterocycles. The summed E-state index contributed by atoms with van der Waals surface area (Å²) in [7, 11) is 0. The third-order valence-electron chi connectivity index (χ3n) is 4.47. The lowest BCUT2D eigenvalue weighted by Crippen LogP contribution is -2.49. The summed E-state index contributed by atoms with van der Waals surface area (Å²) >= 11 is 2.15. The van der Waals surface area contributed by atoms with Crippen molar-refractivity contribution in [2.45, 2.75) is 69.7 Å². The molecule has 0 saturated carbocycles. The van der Waals surface area contributed by atoms with Gasteiger partial charge in [-0.25, -0.2) is 0 Å². The Morgan fingerprint density at radius 1 is 1.22 bits per heavy atom. The van der Waals surface area contributed by atoms with Crippen LogP contribution in [-0.2, 0) is 0 Å². The standard InChI is InChI=1S/C15H30N2S/c1-3-4-9-17-10-7-14(8-11-17)16-15-6-5-12-18-13(15)2/h13-16H,3-12H2,1-2H3. The van der Waals surface area contributed by atoms with Crippen LogP contribution < -0.4 is 5.32 Å². The van der Waals surface area contributed by atoms with E-state index in [4.69, 9.17) is 0 Å². The van der Waals surface area contributed by atoms with Crippen molar-refractivity contribution in [3.63, 3.8) is 0 Å². The van der Waals surface area contributed by atoms with E-state index in [2.05, 4.69) is 35.8 Å². The first-order valence-corrected chi connectivity index (χ1v) is 8.94. The fourth-order valence-corrected chi connectivity index (χ4v) is 4.30. The zero-order chi connectivity index (χ0) is 12.8. The van der Waals surface area contributed by atoms with Crippen LogP contribution in [0, 0.1) is 0 Å². The van der Waals surface area contributed by atoms with Crippen molar-refractivity contribution in [1.29, 1.82) is 0 Å². The van der Waals surface area contributed by atoms with Crippen LogP contribution in [0.25, 0.3) is 0 Å². The van der Waals surface area contributed by atoms with E-state index in [1.54, 1.807) is 0 Å². The number of likely N-dealkylation sites (tertiary alicyclic amines) is 1. The zero-order valence-electron chi connectivity index (χ0n) is 12.2. The summed E-state index contributed by atoms with van der Waals surface area (Å²) in [5.74, 6) is 1.37. The molecule has 2 atom stereocenters. The molecule has 1 N–H and O–H groups in total. The lowest BCUT2D eigenvalue weighted by molar-refractivity contribution is 0.186. The lowest BCUT2D eigenvalue weighted by atomic mass is 10.0. The van der Waals surface area contributed by atoms with Gasteiger partial charge in [-0.05, 0) is 57.5 Å². The molecule has 0 aliphatic carbocycles. The Morgan fingerprint density at radius 2 is 2.00 bits per heavy atom. The average Bonchev–Trinajstić information content (AvgIpc) is 2.41. The smallest absolute Gasteiger partial charge is 0.0186 e. The molecular formula is C15H30N2S. The molecule has 0 amide bonds. The fraction of sp³-hybridized carbons (Fsp3) is 1.00. The number of hydrogen-bond donors (Lipinski definition) is 1. The quantitative estimate of drug-likeness (QED) is 0.826. The van der Waals surface area contributed by atoms with E-state index in [1.165, 1.54) is 63.9 Å². The molecule has 2 aliphatic rings. The van der Waals surface area contributed by atoms with E-state index in [0.29, 0.717) is 0 Å². The minimum absolute atomic E-state index is 0.774. The molecule has 2 rings (SSSR count). The van der Waals surface area contributed by atoms with Crippen molar-refractivity contribution >= 4 is 11.8 Å². The maximum Gasteiger partial charge on any atom is 0.0186 e. The first-order chi connectivity index (χ1) is 8.79. The molecule has 0 radical (unpaired) electrons. The summed E-state index contributed by atoms with van der Waals surface area (Å²) in [5, 5.41) is 4.75. The molecular weight excluding hydrogens is 240 g/mol. The van der Waals surface area contributed by atoms with E-state index >= 15 is 0 Å². The molecule has 2 aliphatic heterocycles. The number of nitrogens with zero attached hydrogens (tertiary/aromatic N) is 1. The first kappa shape index (κ1) is 14.7. The zero-order valence-corrected chi connectivity index (χ0v) is 13.0. The minimum Gasteiger partial charge on any atom is -0.310 e. The Bertz CT molecular complexity index is 227. The highest BCUT2D eigenvalue weighted by molar-refractivity contribution is 7.99. The molecule has 2 saturated heterocycles. The van der Waals surface area contributed by atoms with Gasteiger partial charge in [0.15, 0.2) is 0 Å². The molecule has 2 fully saturated rings. The first-order valence-electron chi connectivity index (χ1n) is 7.89. The largest absolute Gasteiger partial charge is 0.310 e. The summed E-state index contributed by atoms with van der Waals surface area (Å²) in [6.07, 6.45) is 8.21. The van der Waals surface area contributed by atoms with Gasteiger partial charge in [-0.1, -0.05) is 20.3 Å². The lowest BCUT2D eigenvalue weighted by Gasteiger charge is -2.37. The Balaban J connectivity index is 1.66. The van der Waals surface area contributed by atoms with E-state index < -0.39 is 0 Å². The fourth-order valence-electron chi connectivity index (χ4n) is 3.15. The average molecular weight is 270 g/mol. The molecule has 0 spiro atoms. The number of rotatable bonds is 5. The van der Waals surface area contributed by atoms with Crippen LogP contribution in [0.4, 0.5) is 0 Å². The molecule has 106 valence electrons. The summed E-state index contributed by atoms with van der Waals surface area (Å²) in [5.41, 5.74) is 0. The predicted molar refractivity (Wildman–Crippen MR) is 82.4 cm³/mol. The monoisotopic (exact) mass is 270 g/mol. The van der Waals surface area contributed by atoms with Crippen LogP contribution in [0.1, 0.15) is 52.4 Å². The second-order valence-corrected chi connectivity index (χ2v) is 7.45. The minimum atomic E-state index is 0.774. The summed E-state index contributed by atoms with van der Waals surface area (Å²) in [6.45, 7) is 8.63. The van der Waals surface area contributed by atoms with Gasteiger partial charge in [-0.15, -0.1) is 0 Å². The highest BCUT2D eigenvalue weighted by Crippen LogP contribution is 2.26. The Morgan fingerprint density at radius 3 is 2.67 bits per heavy atom. The van der Waals surface area contributed by atoms with Crippen LogP contribution in [0.3, 0.4) is 0 Å². The molecule has 3 heteroatoms. The highest BCUT2D eigenvalue weighted by Gasteiger charge is 2.26. The Hall–Kier alpha value is 0.270. The second kappa shape index (κ2) is 7.76. The molecule has 0 bridgehead atoms. The van der Waals surface area contributed by atoms with Crippen LogP contribution in [0.15, 0.2) is 0 Å². The summed E-state index contributed by atoms with van der Waals surface area (Å²) < 4.78 is 0. The van der Waals surface area contributed by atoms with Gasteiger partial charge in [0.25, 0.3) is 0 Å². The Labute approximate surface area is 117 Å². The summed E-state index contributed by atoms with van der Waals surface area (Å²) in [6, 6.07) is 1.56. The predicted octanol–water partition coefficient (Wildman–Crippen LogP) is 3.12. The van der Waals surface area contributed by atoms with Gasteiger partial charge in [0.2, 0.25) is 0 Å². The Kier molecular flexibility index (Phi) is 6.33. The van der Waals surface area contributed by atoms with Gasteiger partial charge in [0.1, 0.15) is 0 Å². The second-order valence-electron chi connectivity index (χ2n) is 5.96. The van der Waals surface area contributed by atoms with Crippen molar-refractivity contribution in [2.24, 2.45) is 0 Å². The third-order valence-corrected chi connectivity index (χ3v) is 5.85. The number of nitrogens with one attached hydrogen (secondary N) is 1. The van der Waals surface area contributed by atoms with Gasteiger partial charge in [0, 0.05) is 17.3 Å². The number of hydrogen-bond acceptors (Lipinski definition) is 3. The topological polar surface area (TPSA) is 15.3 Å². The maximum absolute atomic E-state index is 3.94. The normalized spacial score (nSPS) is 31.7. The number of thioether (sulfide) groups is 1. The SMILES string of the molecule is CCCCN1CCC(NC2CCCSC2C)CC1. The third kappa shape index (κ3) is 4.43. The van der Waals surface area contributed by atoms with Gasteiger partial charge in [-0.2, -0.15) is 11.8 Å². The van der Waals surface area contributed by atoms with Crippen molar-refractivity contribution < 1.29 is 0 Å². The van der Waals surface area contributed by atoms with Crippen molar-refractivity contribution in [3.8, 4) is 0 Å². The van der Waals surface area contributed by atoms with E-state index in [1.807, 2.05) is 0 Å². The maximum atomic E-state index is 3.94. The van der Waals surface area contributed by atoms with Crippen LogP contribution in [-0.4, -0.2) is 47.6 Å². The van der Waals surface area contributed by atoms with E-state index in [-0.39, 0.29) is 0 Å². The van der Waals surface area contributed by atoms with Crippen molar-refractivity contribution in [2.75, 3.05) is 25.4 Å². The van der Waals surface area contributed by atoms with Crippen LogP contribution >= 0.6 is 11.8 Å².